The van der Waals surface area contributed by atoms with Crippen molar-refractivity contribution in [2.75, 3.05) is 7.05 Å². The Hall–Kier alpha value is -6.23. The number of para-hydroxylation sites is 1. The van der Waals surface area contributed by atoms with Crippen LogP contribution in [0, 0.1) is 13.8 Å². The van der Waals surface area contributed by atoms with E-state index in [0.717, 1.165) is 38.7 Å². The van der Waals surface area contributed by atoms with E-state index in [1.54, 1.807) is 60.7 Å². The third-order valence-electron chi connectivity index (χ3n) is 8.16. The zero-order valence-corrected chi connectivity index (χ0v) is 33.3. The number of aromatic nitrogens is 1. The lowest BCUT2D eigenvalue weighted by Crippen LogP contribution is -2.44. The van der Waals surface area contributed by atoms with E-state index < -0.39 is 59.7 Å². The molecule has 0 radical (unpaired) electrons. The molecule has 0 fully saturated rings. The first-order chi connectivity index (χ1) is 26.5. The fourth-order valence-corrected chi connectivity index (χ4v) is 4.91. The highest BCUT2D eigenvalue weighted by Gasteiger charge is 2.25. The second kappa shape index (κ2) is 23.0. The van der Waals surface area contributed by atoms with Crippen LogP contribution in [0.25, 0.3) is 10.9 Å². The maximum Gasteiger partial charge on any atom is 0.408 e. The highest BCUT2D eigenvalue weighted by atomic mass is 16.6. The van der Waals surface area contributed by atoms with Crippen LogP contribution in [0.15, 0.2) is 85.1 Å². The summed E-state index contributed by atoms with van der Waals surface area (Å²) in [6, 6.07) is 17.3. The van der Waals surface area contributed by atoms with E-state index in [1.165, 1.54) is 0 Å². The molecular formula is C41H56N6O10. The van der Waals surface area contributed by atoms with Crippen LogP contribution >= 0.6 is 0 Å². The highest BCUT2D eigenvalue weighted by Crippen LogP contribution is 2.23. The molecule has 0 aliphatic carbocycles. The van der Waals surface area contributed by atoms with E-state index in [2.05, 4.69) is 22.2 Å². The van der Waals surface area contributed by atoms with Gasteiger partial charge in [-0.25, -0.2) is 9.59 Å². The number of H-pyrrole nitrogens is 1. The first-order valence-electron chi connectivity index (χ1n) is 17.7. The van der Waals surface area contributed by atoms with Gasteiger partial charge in [0.2, 0.25) is 5.91 Å². The molecule has 1 heterocycles. The average Bonchev–Trinajstić information content (AvgIpc) is 3.54. The summed E-state index contributed by atoms with van der Waals surface area (Å²) in [5.74, 6) is -3.36. The Kier molecular flexibility index (Phi) is 19.7. The minimum atomic E-state index is -1.14. The molecular weight excluding hydrogens is 736 g/mol. The van der Waals surface area contributed by atoms with Crippen molar-refractivity contribution in [3.63, 3.8) is 0 Å². The van der Waals surface area contributed by atoms with Crippen molar-refractivity contribution >= 4 is 40.8 Å². The van der Waals surface area contributed by atoms with Crippen molar-refractivity contribution in [1.82, 2.24) is 15.6 Å². The van der Waals surface area contributed by atoms with Crippen molar-refractivity contribution < 1.29 is 49.1 Å². The first-order valence-corrected chi connectivity index (χ1v) is 17.7. The summed E-state index contributed by atoms with van der Waals surface area (Å²) in [7, 11) is 1.61. The van der Waals surface area contributed by atoms with Crippen molar-refractivity contribution in [2.45, 2.75) is 84.2 Å². The van der Waals surface area contributed by atoms with Gasteiger partial charge in [0.15, 0.2) is 0 Å². The van der Waals surface area contributed by atoms with E-state index in [0.29, 0.717) is 6.42 Å². The number of carbonyl (C=O) groups is 5. The number of hydrogen-bond acceptors (Lipinski definition) is 10. The lowest BCUT2D eigenvalue weighted by molar-refractivity contribution is -0.140. The fourth-order valence-electron chi connectivity index (χ4n) is 4.91. The number of aliphatic carboxylic acids is 3. The topological polar surface area (TPSA) is 293 Å². The number of likely N-dealkylation sites (N-methyl/N-ethyl adjacent to an activating group) is 1. The van der Waals surface area contributed by atoms with Gasteiger partial charge >= 0.3 is 24.0 Å². The number of phenols is 1. The van der Waals surface area contributed by atoms with Gasteiger partial charge in [0.05, 0.1) is 6.04 Å². The third kappa shape index (κ3) is 17.4. The second-order valence-corrected chi connectivity index (χ2v) is 13.9. The quantitative estimate of drug-likeness (QED) is 0.0907. The lowest BCUT2D eigenvalue weighted by atomic mass is 9.96. The highest BCUT2D eigenvalue weighted by molar-refractivity contribution is 5.92. The molecule has 16 nitrogen and oxygen atoms in total. The largest absolute Gasteiger partial charge is 0.508 e. The summed E-state index contributed by atoms with van der Waals surface area (Å²) in [5, 5.41) is 41.6. The van der Waals surface area contributed by atoms with Crippen molar-refractivity contribution in [1.29, 1.82) is 0 Å². The number of ether oxygens (including phenoxy) is 1. The molecule has 13 N–H and O–H groups in total. The number of aryl methyl sites for hydroxylation is 2. The standard InChI is InChI=1S/C16H23NO5.C11H12N2O2.C10H12N2O.C4H9NO2/c1-9-6-11(18)7-10(2)12(9)8-13(14(19)20)17-15(21)22-16(3,4)5;12-9(11(14)15)5-7-6-13-10-4-2-1-3-8(7)10;1-7(10(12)13)9(11)8-5-3-2-4-6-8;1-3(5-2)4(6)7/h6-7,13,18H,8H2,1-5H3,(H,17,21)(H,19,20);1-4,6,9,13H,5,12H2,(H,14,15);2-6,9H,1,11H2,(H2,12,13);3,5H,1-2H3,(H,6,7). The lowest BCUT2D eigenvalue weighted by Gasteiger charge is -2.22. The molecule has 4 atom stereocenters. The molecule has 1 aromatic heterocycles. The van der Waals surface area contributed by atoms with Crippen LogP contribution in [-0.4, -0.2) is 86.1 Å². The number of alkyl carbamates (subject to hydrolysis) is 1. The number of carboxylic acids is 3. The third-order valence-corrected chi connectivity index (χ3v) is 8.16. The monoisotopic (exact) mass is 792 g/mol. The molecule has 310 valence electrons. The molecule has 0 aliphatic heterocycles. The van der Waals surface area contributed by atoms with Crippen LogP contribution in [0.5, 0.6) is 5.75 Å². The summed E-state index contributed by atoms with van der Waals surface area (Å²) in [6.45, 7) is 13.8. The van der Waals surface area contributed by atoms with E-state index in [4.69, 9.17) is 32.2 Å². The van der Waals surface area contributed by atoms with Crippen molar-refractivity contribution in [3.05, 3.63) is 113 Å². The zero-order valence-electron chi connectivity index (χ0n) is 33.3. The van der Waals surface area contributed by atoms with E-state index in [1.807, 2.05) is 60.8 Å². The van der Waals surface area contributed by atoms with Crippen LogP contribution in [0.2, 0.25) is 0 Å². The maximum absolute atomic E-state index is 11.8. The molecule has 3 aromatic carbocycles. The van der Waals surface area contributed by atoms with Gasteiger partial charge in [0.25, 0.3) is 0 Å². The molecule has 4 aromatic rings. The van der Waals surface area contributed by atoms with Gasteiger partial charge in [0.1, 0.15) is 29.5 Å². The number of carboxylic acid groups (broad SMARTS) is 3. The van der Waals surface area contributed by atoms with Gasteiger partial charge in [0, 0.05) is 35.5 Å². The predicted molar refractivity (Wildman–Crippen MR) is 218 cm³/mol. The summed E-state index contributed by atoms with van der Waals surface area (Å²) < 4.78 is 5.08. The number of aromatic amines is 1. The Morgan fingerprint density at radius 3 is 1.86 bits per heavy atom. The van der Waals surface area contributed by atoms with Crippen LogP contribution in [0.4, 0.5) is 4.79 Å². The normalized spacial score (nSPS) is 12.6. The number of fused-ring (bicyclic) bond motifs is 1. The number of amides is 2. The zero-order chi connectivity index (χ0) is 43.6. The van der Waals surface area contributed by atoms with Crippen molar-refractivity contribution in [2.24, 2.45) is 17.2 Å². The van der Waals surface area contributed by atoms with Gasteiger partial charge in [-0.3, -0.25) is 14.4 Å². The van der Waals surface area contributed by atoms with Crippen LogP contribution in [0.3, 0.4) is 0 Å². The summed E-state index contributed by atoms with van der Waals surface area (Å²) >= 11 is 0. The van der Waals surface area contributed by atoms with Crippen LogP contribution in [-0.2, 0) is 36.8 Å². The predicted octanol–water partition coefficient (Wildman–Crippen LogP) is 4.06. The summed E-state index contributed by atoms with van der Waals surface area (Å²) in [6.07, 6.45) is 1.51. The number of rotatable bonds is 12. The SMILES string of the molecule is C=C(C(N)=O)C(N)c1ccccc1.CNC(C)C(=O)O.Cc1cc(O)cc(C)c1CC(NC(=O)OC(C)(C)C)C(=O)O.NC(Cc1c[nH]c2ccccc12)C(=O)O. The molecule has 4 unspecified atom stereocenters. The van der Waals surface area contributed by atoms with Gasteiger partial charge in [-0.05, 0) is 94.6 Å². The number of nitrogens with two attached hydrogens (primary N) is 3. The number of nitrogens with one attached hydrogen (secondary N) is 3. The molecule has 57 heavy (non-hydrogen) atoms. The number of primary amides is 1. The molecule has 4 rings (SSSR count). The van der Waals surface area contributed by atoms with E-state index in [9.17, 15) is 34.2 Å². The van der Waals surface area contributed by atoms with Gasteiger partial charge in [-0.1, -0.05) is 55.1 Å². The number of benzene rings is 3. The molecule has 16 heteroatoms. The Balaban J connectivity index is 0.000000406. The van der Waals surface area contributed by atoms with Crippen LogP contribution in [0.1, 0.15) is 61.6 Å². The van der Waals surface area contributed by atoms with Crippen molar-refractivity contribution in [3.8, 4) is 5.75 Å². The van der Waals surface area contributed by atoms with Gasteiger partial charge < -0.3 is 58.0 Å². The summed E-state index contributed by atoms with van der Waals surface area (Å²) in [5.41, 5.74) is 20.9. The minimum absolute atomic E-state index is 0.118. The van der Waals surface area contributed by atoms with E-state index >= 15 is 0 Å². The summed E-state index contributed by atoms with van der Waals surface area (Å²) in [4.78, 5) is 57.5. The molecule has 0 saturated carbocycles. The number of carbonyl (C=O) groups excluding carboxylic acids is 2. The molecule has 2 amide bonds. The maximum atomic E-state index is 11.8. The minimum Gasteiger partial charge on any atom is -0.508 e. The fraction of sp³-hybridized carbons (Fsp3) is 0.341. The molecule has 0 aliphatic rings. The molecule has 0 saturated heterocycles. The molecule has 0 bridgehead atoms. The first kappa shape index (κ1) is 48.8. The Morgan fingerprint density at radius 2 is 1.40 bits per heavy atom. The van der Waals surface area contributed by atoms with Gasteiger partial charge in [-0.15, -0.1) is 0 Å². The number of aromatic hydroxyl groups is 1. The Bertz CT molecular complexity index is 1950. The van der Waals surface area contributed by atoms with Crippen LogP contribution < -0.4 is 27.8 Å². The second-order valence-electron chi connectivity index (χ2n) is 13.9. The van der Waals surface area contributed by atoms with Gasteiger partial charge in [-0.2, -0.15) is 0 Å². The Morgan fingerprint density at radius 1 is 0.860 bits per heavy atom. The number of phenolic OH excluding ortho intramolecular Hbond substituents is 1. The number of hydrogen-bond donors (Lipinski definition) is 10. The van der Waals surface area contributed by atoms with E-state index in [-0.39, 0.29) is 17.7 Å². The Labute approximate surface area is 332 Å². The smallest absolute Gasteiger partial charge is 0.408 e. The average molecular weight is 793 g/mol. The molecule has 0 spiro atoms.